The highest BCUT2D eigenvalue weighted by Crippen LogP contribution is 2.34. The van der Waals surface area contributed by atoms with Crippen molar-refractivity contribution in [2.75, 3.05) is 24.5 Å². The van der Waals surface area contributed by atoms with Crippen molar-refractivity contribution in [2.24, 2.45) is 5.92 Å². The second-order valence-corrected chi connectivity index (χ2v) is 7.38. The summed E-state index contributed by atoms with van der Waals surface area (Å²) in [5.74, 6) is 2.20. The van der Waals surface area contributed by atoms with Gasteiger partial charge in [-0.1, -0.05) is 31.2 Å². The average molecular weight is 335 g/mol. The van der Waals surface area contributed by atoms with Crippen LogP contribution in [0.5, 0.6) is 0 Å². The van der Waals surface area contributed by atoms with Crippen LogP contribution in [-0.2, 0) is 6.42 Å². The van der Waals surface area contributed by atoms with Crippen molar-refractivity contribution in [1.82, 2.24) is 10.3 Å². The second-order valence-electron chi connectivity index (χ2n) is 7.38. The van der Waals surface area contributed by atoms with Crippen molar-refractivity contribution in [3.63, 3.8) is 0 Å². The number of fused-ring (bicyclic) bond motifs is 1. The van der Waals surface area contributed by atoms with E-state index in [1.165, 1.54) is 24.0 Å². The predicted octanol–water partition coefficient (Wildman–Crippen LogP) is 3.39. The van der Waals surface area contributed by atoms with Gasteiger partial charge in [-0.3, -0.25) is 4.79 Å². The predicted molar refractivity (Wildman–Crippen MR) is 100 cm³/mol. The number of pyridine rings is 1. The number of piperidine rings is 1. The molecule has 1 aromatic carbocycles. The van der Waals surface area contributed by atoms with Crippen molar-refractivity contribution in [3.8, 4) is 0 Å². The molecule has 1 atom stereocenters. The van der Waals surface area contributed by atoms with Crippen LogP contribution in [0.1, 0.15) is 47.2 Å². The number of aromatic nitrogens is 1. The fourth-order valence-corrected chi connectivity index (χ4v) is 3.81. The van der Waals surface area contributed by atoms with Gasteiger partial charge in [-0.15, -0.1) is 0 Å². The quantitative estimate of drug-likeness (QED) is 0.931. The summed E-state index contributed by atoms with van der Waals surface area (Å²) in [7, 11) is 0. The Morgan fingerprint density at radius 3 is 2.72 bits per heavy atom. The minimum absolute atomic E-state index is 0.0318. The van der Waals surface area contributed by atoms with Gasteiger partial charge in [0.05, 0.1) is 5.56 Å². The summed E-state index contributed by atoms with van der Waals surface area (Å²) in [5.41, 5.74) is 3.42. The SMILES string of the molecule is CC1CCN(c2ccc(C(=O)NC[C@H]3Cc4ccccc43)cn2)CC1. The summed E-state index contributed by atoms with van der Waals surface area (Å²) in [6.07, 6.45) is 5.19. The van der Waals surface area contributed by atoms with Gasteiger partial charge in [0.1, 0.15) is 5.82 Å². The first-order valence-electron chi connectivity index (χ1n) is 9.27. The van der Waals surface area contributed by atoms with Crippen molar-refractivity contribution in [2.45, 2.75) is 32.1 Å². The number of nitrogens with zero attached hydrogens (tertiary/aromatic N) is 2. The van der Waals surface area contributed by atoms with Gasteiger partial charge in [0, 0.05) is 31.7 Å². The van der Waals surface area contributed by atoms with E-state index in [1.54, 1.807) is 6.20 Å². The summed E-state index contributed by atoms with van der Waals surface area (Å²) in [5, 5.41) is 3.05. The molecule has 0 spiro atoms. The molecule has 2 heterocycles. The molecule has 0 unspecified atom stereocenters. The first kappa shape index (κ1) is 16.1. The third-order valence-corrected chi connectivity index (χ3v) is 5.59. The number of nitrogens with one attached hydrogen (secondary N) is 1. The molecule has 1 fully saturated rings. The lowest BCUT2D eigenvalue weighted by Crippen LogP contribution is -2.34. The topological polar surface area (TPSA) is 45.2 Å². The standard InChI is InChI=1S/C21H25N3O/c1-15-8-10-24(11-9-15)20-7-6-17(13-22-20)21(25)23-14-18-12-16-4-2-3-5-19(16)18/h2-7,13,15,18H,8-12,14H2,1H3,(H,23,25)/t18-/m1/s1. The number of carbonyl (C=O) groups is 1. The Bertz CT molecular complexity index is 748. The smallest absolute Gasteiger partial charge is 0.252 e. The molecular formula is C21H25N3O. The number of anilines is 1. The van der Waals surface area contributed by atoms with E-state index < -0.39 is 0 Å². The highest BCUT2D eigenvalue weighted by atomic mass is 16.1. The molecule has 4 nitrogen and oxygen atoms in total. The third-order valence-electron chi connectivity index (χ3n) is 5.59. The van der Waals surface area contributed by atoms with E-state index in [4.69, 9.17) is 0 Å². The van der Waals surface area contributed by atoms with E-state index in [2.05, 4.69) is 46.4 Å². The first-order chi connectivity index (χ1) is 12.2. The van der Waals surface area contributed by atoms with E-state index in [9.17, 15) is 4.79 Å². The molecule has 1 amide bonds. The van der Waals surface area contributed by atoms with E-state index in [0.717, 1.165) is 31.2 Å². The Morgan fingerprint density at radius 2 is 2.00 bits per heavy atom. The molecule has 1 N–H and O–H groups in total. The third kappa shape index (κ3) is 3.39. The molecule has 1 aromatic heterocycles. The Morgan fingerprint density at radius 1 is 1.20 bits per heavy atom. The zero-order chi connectivity index (χ0) is 17.2. The van der Waals surface area contributed by atoms with Crippen molar-refractivity contribution in [1.29, 1.82) is 0 Å². The number of rotatable bonds is 4. The molecule has 2 aromatic rings. The molecule has 1 aliphatic carbocycles. The Labute approximate surface area is 149 Å². The molecule has 1 saturated heterocycles. The maximum Gasteiger partial charge on any atom is 0.252 e. The number of amides is 1. The largest absolute Gasteiger partial charge is 0.357 e. The molecule has 25 heavy (non-hydrogen) atoms. The van der Waals surface area contributed by atoms with Gasteiger partial charge in [-0.2, -0.15) is 0 Å². The van der Waals surface area contributed by atoms with Crippen molar-refractivity contribution in [3.05, 3.63) is 59.3 Å². The van der Waals surface area contributed by atoms with E-state index >= 15 is 0 Å². The van der Waals surface area contributed by atoms with Gasteiger partial charge in [0.15, 0.2) is 0 Å². The molecule has 130 valence electrons. The normalized spacial score (nSPS) is 19.9. The molecular weight excluding hydrogens is 310 g/mol. The number of hydrogen-bond acceptors (Lipinski definition) is 3. The van der Waals surface area contributed by atoms with Gasteiger partial charge < -0.3 is 10.2 Å². The minimum atomic E-state index is -0.0318. The van der Waals surface area contributed by atoms with Crippen LogP contribution in [0.25, 0.3) is 0 Å². The summed E-state index contributed by atoms with van der Waals surface area (Å²) in [4.78, 5) is 19.2. The molecule has 4 rings (SSSR count). The van der Waals surface area contributed by atoms with Crippen LogP contribution in [0.3, 0.4) is 0 Å². The number of carbonyl (C=O) groups excluding carboxylic acids is 1. The maximum absolute atomic E-state index is 12.4. The Kier molecular flexibility index (Phi) is 4.43. The fraction of sp³-hybridized carbons (Fsp3) is 0.429. The van der Waals surface area contributed by atoms with Crippen LogP contribution in [0, 0.1) is 5.92 Å². The van der Waals surface area contributed by atoms with Crippen LogP contribution in [0.15, 0.2) is 42.6 Å². The van der Waals surface area contributed by atoms with Gasteiger partial charge in [0.25, 0.3) is 5.91 Å². The molecule has 1 aliphatic heterocycles. The van der Waals surface area contributed by atoms with E-state index in [-0.39, 0.29) is 5.91 Å². The highest BCUT2D eigenvalue weighted by molar-refractivity contribution is 5.94. The molecule has 4 heteroatoms. The Balaban J connectivity index is 1.32. The zero-order valence-corrected chi connectivity index (χ0v) is 14.7. The fourth-order valence-electron chi connectivity index (χ4n) is 3.81. The molecule has 0 bridgehead atoms. The van der Waals surface area contributed by atoms with Crippen LogP contribution in [-0.4, -0.2) is 30.5 Å². The summed E-state index contributed by atoms with van der Waals surface area (Å²) in [6, 6.07) is 12.3. The van der Waals surface area contributed by atoms with Gasteiger partial charge in [0.2, 0.25) is 0 Å². The van der Waals surface area contributed by atoms with Gasteiger partial charge in [-0.25, -0.2) is 4.98 Å². The monoisotopic (exact) mass is 335 g/mol. The molecule has 0 saturated carbocycles. The molecule has 2 aliphatic rings. The number of benzene rings is 1. The van der Waals surface area contributed by atoms with E-state index in [0.29, 0.717) is 18.0 Å². The lowest BCUT2D eigenvalue weighted by Gasteiger charge is -2.31. The van der Waals surface area contributed by atoms with Crippen molar-refractivity contribution < 1.29 is 4.79 Å². The Hall–Kier alpha value is -2.36. The first-order valence-corrected chi connectivity index (χ1v) is 9.27. The maximum atomic E-state index is 12.4. The zero-order valence-electron chi connectivity index (χ0n) is 14.7. The summed E-state index contributed by atoms with van der Waals surface area (Å²) < 4.78 is 0. The van der Waals surface area contributed by atoms with Gasteiger partial charge >= 0.3 is 0 Å². The van der Waals surface area contributed by atoms with Crippen LogP contribution >= 0.6 is 0 Å². The van der Waals surface area contributed by atoms with Crippen LogP contribution < -0.4 is 10.2 Å². The van der Waals surface area contributed by atoms with E-state index in [1.807, 2.05) is 12.1 Å². The number of hydrogen-bond donors (Lipinski definition) is 1. The van der Waals surface area contributed by atoms with Gasteiger partial charge in [-0.05, 0) is 48.4 Å². The molecule has 0 radical (unpaired) electrons. The lowest BCUT2D eigenvalue weighted by atomic mass is 9.77. The lowest BCUT2D eigenvalue weighted by molar-refractivity contribution is 0.0949. The summed E-state index contributed by atoms with van der Waals surface area (Å²) >= 11 is 0. The van der Waals surface area contributed by atoms with Crippen molar-refractivity contribution >= 4 is 11.7 Å². The second kappa shape index (κ2) is 6.87. The van der Waals surface area contributed by atoms with Crippen LogP contribution in [0.2, 0.25) is 0 Å². The highest BCUT2D eigenvalue weighted by Gasteiger charge is 2.25. The minimum Gasteiger partial charge on any atom is -0.357 e. The van der Waals surface area contributed by atoms with Crippen LogP contribution in [0.4, 0.5) is 5.82 Å². The summed E-state index contributed by atoms with van der Waals surface area (Å²) in [6.45, 7) is 5.11. The average Bonchev–Trinajstić information content (AvgIpc) is 2.63.